The molecule has 0 saturated heterocycles. The number of halogens is 1. The van der Waals surface area contributed by atoms with E-state index in [0.29, 0.717) is 28.4 Å². The summed E-state index contributed by atoms with van der Waals surface area (Å²) in [6, 6.07) is 7.57. The monoisotopic (exact) mass is 399 g/mol. The molecule has 0 aliphatic carbocycles. The Morgan fingerprint density at radius 3 is 2.86 bits per heavy atom. The number of rotatable bonds is 6. The van der Waals surface area contributed by atoms with E-state index in [1.165, 1.54) is 30.4 Å². The first-order chi connectivity index (χ1) is 10.6. The zero-order chi connectivity index (χ0) is 15.8. The number of hydrogen-bond donors (Lipinski definition) is 1. The van der Waals surface area contributed by atoms with Crippen molar-refractivity contribution >= 4 is 61.1 Å². The lowest BCUT2D eigenvalue weighted by atomic mass is 10.3. The average Bonchev–Trinajstić information content (AvgIpc) is 3.01. The number of thioether (sulfide) groups is 2. The summed E-state index contributed by atoms with van der Waals surface area (Å²) < 4.78 is 0.990. The van der Waals surface area contributed by atoms with Gasteiger partial charge in [0.25, 0.3) is 0 Å². The lowest BCUT2D eigenvalue weighted by molar-refractivity contribution is -0.110. The second kappa shape index (κ2) is 9.06. The van der Waals surface area contributed by atoms with E-state index in [9.17, 15) is 4.79 Å². The number of anilines is 1. The van der Waals surface area contributed by atoms with Crippen LogP contribution in [0.15, 0.2) is 49.1 Å². The van der Waals surface area contributed by atoms with Gasteiger partial charge in [0.15, 0.2) is 10.8 Å². The number of carbonyl (C=O) groups excluding carboxylic acids is 1. The zero-order valence-corrected chi connectivity index (χ0v) is 15.0. The third kappa shape index (κ3) is 5.90. The van der Waals surface area contributed by atoms with E-state index in [2.05, 4.69) is 41.7 Å². The number of hydrogen-bond acceptors (Lipinski definition) is 7. The number of nitrogens with zero attached hydrogens (tertiary/aromatic N) is 4. The Morgan fingerprint density at radius 2 is 2.23 bits per heavy atom. The molecule has 0 amide bonds. The number of ketones is 1. The van der Waals surface area contributed by atoms with Gasteiger partial charge in [-0.15, -0.1) is 5.11 Å². The van der Waals surface area contributed by atoms with Crippen molar-refractivity contribution in [3.8, 4) is 0 Å². The molecule has 1 aliphatic rings. The van der Waals surface area contributed by atoms with Crippen LogP contribution in [0, 0.1) is 0 Å². The van der Waals surface area contributed by atoms with Gasteiger partial charge in [-0.05, 0) is 24.3 Å². The number of carbonyl (C=O) groups is 1. The molecule has 1 aromatic carbocycles. The molecule has 0 spiro atoms. The smallest absolute Gasteiger partial charge is 0.205 e. The van der Waals surface area contributed by atoms with Gasteiger partial charge in [-0.25, -0.2) is 0 Å². The van der Waals surface area contributed by atoms with Crippen molar-refractivity contribution in [3.63, 3.8) is 0 Å². The molecular formula is C13H14BrN5OS2. The number of benzene rings is 1. The van der Waals surface area contributed by atoms with Crippen LogP contribution < -0.4 is 5.43 Å². The fourth-order valence-electron chi connectivity index (χ4n) is 1.42. The van der Waals surface area contributed by atoms with E-state index in [0.717, 1.165) is 10.2 Å². The number of hydrazone groups is 1. The molecule has 1 aromatic rings. The van der Waals surface area contributed by atoms with E-state index in [-0.39, 0.29) is 5.78 Å². The van der Waals surface area contributed by atoms with Gasteiger partial charge < -0.3 is 0 Å². The number of nitrogens with one attached hydrogen (secondary N) is 1. The van der Waals surface area contributed by atoms with Gasteiger partial charge in [0, 0.05) is 17.1 Å². The van der Waals surface area contributed by atoms with Crippen LogP contribution in [0.2, 0.25) is 0 Å². The average molecular weight is 400 g/mol. The predicted molar refractivity (Wildman–Crippen MR) is 98.0 cm³/mol. The van der Waals surface area contributed by atoms with Crippen molar-refractivity contribution in [1.82, 2.24) is 0 Å². The van der Waals surface area contributed by atoms with Crippen molar-refractivity contribution in [1.29, 1.82) is 0 Å². The summed E-state index contributed by atoms with van der Waals surface area (Å²) in [6.45, 7) is 2.08. The topological polar surface area (TPSA) is 78.5 Å². The molecule has 22 heavy (non-hydrogen) atoms. The third-order valence-corrected chi connectivity index (χ3v) is 4.70. The fraction of sp³-hybridized carbons (Fsp3) is 0.308. The molecule has 0 bridgehead atoms. The molecule has 0 aromatic heterocycles. The molecule has 6 nitrogen and oxygen atoms in total. The summed E-state index contributed by atoms with van der Waals surface area (Å²) in [7, 11) is 0. The standard InChI is InChI=1S/C13H14BrN5OS2/c1-9(20)12(18-17-11-4-2-10(14)3-5-11)21-7-6-15-13-19-16-8-22-13/h2-5,17H,6-8H2,1H3. The van der Waals surface area contributed by atoms with E-state index < -0.39 is 0 Å². The van der Waals surface area contributed by atoms with E-state index >= 15 is 0 Å². The largest absolute Gasteiger partial charge is 0.292 e. The van der Waals surface area contributed by atoms with Gasteiger partial charge in [0.2, 0.25) is 5.17 Å². The highest BCUT2D eigenvalue weighted by Gasteiger charge is 2.08. The van der Waals surface area contributed by atoms with Gasteiger partial charge in [0.1, 0.15) is 5.88 Å². The summed E-state index contributed by atoms with van der Waals surface area (Å²) in [6.07, 6.45) is 0. The molecule has 0 saturated carbocycles. The number of Topliss-reactive ketones (excluding diaryl/α,β-unsaturated/α-hetero) is 1. The van der Waals surface area contributed by atoms with Crippen LogP contribution >= 0.6 is 39.5 Å². The van der Waals surface area contributed by atoms with E-state index in [4.69, 9.17) is 0 Å². The minimum Gasteiger partial charge on any atom is -0.292 e. The zero-order valence-electron chi connectivity index (χ0n) is 11.8. The predicted octanol–water partition coefficient (Wildman–Crippen LogP) is 4.01. The van der Waals surface area contributed by atoms with Crippen molar-refractivity contribution < 1.29 is 4.79 Å². The Morgan fingerprint density at radius 1 is 1.45 bits per heavy atom. The molecule has 116 valence electrons. The first-order valence-corrected chi connectivity index (χ1v) is 9.19. The SMILES string of the molecule is CC(=O)C(=NNc1ccc(Br)cc1)SCCN=C1N=NCS1. The minimum absolute atomic E-state index is 0.0720. The second-order valence-electron chi connectivity index (χ2n) is 4.12. The highest BCUT2D eigenvalue weighted by molar-refractivity contribution is 9.10. The number of aliphatic imine (C=N–C) groups is 1. The Balaban J connectivity index is 1.84. The van der Waals surface area contributed by atoms with Crippen molar-refractivity contribution in [3.05, 3.63) is 28.7 Å². The molecule has 2 rings (SSSR count). The summed E-state index contributed by atoms with van der Waals surface area (Å²) in [5, 5.41) is 13.0. The lowest BCUT2D eigenvalue weighted by Gasteiger charge is -2.04. The third-order valence-electron chi connectivity index (χ3n) is 2.42. The molecule has 0 unspecified atom stereocenters. The molecule has 1 heterocycles. The van der Waals surface area contributed by atoms with E-state index in [1.54, 1.807) is 0 Å². The summed E-state index contributed by atoms with van der Waals surface area (Å²) in [5.41, 5.74) is 3.71. The molecule has 0 radical (unpaired) electrons. The molecule has 0 atom stereocenters. The second-order valence-corrected chi connectivity index (χ2v) is 7.03. The fourth-order valence-corrected chi connectivity index (χ4v) is 2.90. The Hall–Kier alpha value is -1.19. The van der Waals surface area contributed by atoms with Crippen LogP contribution in [-0.4, -0.2) is 34.2 Å². The molecule has 9 heteroatoms. The minimum atomic E-state index is -0.0720. The van der Waals surface area contributed by atoms with Crippen molar-refractivity contribution in [2.45, 2.75) is 6.92 Å². The Bertz CT molecular complexity index is 615. The van der Waals surface area contributed by atoms with Crippen molar-refractivity contribution in [2.24, 2.45) is 20.3 Å². The maximum Gasteiger partial charge on any atom is 0.205 e. The summed E-state index contributed by atoms with van der Waals surface area (Å²) in [5.74, 6) is 1.24. The lowest BCUT2D eigenvalue weighted by Crippen LogP contribution is -2.09. The van der Waals surface area contributed by atoms with Crippen LogP contribution in [0.25, 0.3) is 0 Å². The van der Waals surface area contributed by atoms with Gasteiger partial charge in [-0.3, -0.25) is 15.2 Å². The maximum atomic E-state index is 11.6. The molecule has 0 fully saturated rings. The van der Waals surface area contributed by atoms with Crippen LogP contribution in [0.1, 0.15) is 6.92 Å². The van der Waals surface area contributed by atoms with Gasteiger partial charge in [-0.1, -0.05) is 39.5 Å². The quantitative estimate of drug-likeness (QED) is 0.339. The molecular weight excluding hydrogens is 386 g/mol. The van der Waals surface area contributed by atoms with Gasteiger partial charge in [-0.2, -0.15) is 10.2 Å². The molecule has 1 aliphatic heterocycles. The summed E-state index contributed by atoms with van der Waals surface area (Å²) >= 11 is 6.25. The van der Waals surface area contributed by atoms with Crippen LogP contribution in [0.4, 0.5) is 5.69 Å². The normalized spacial score (nSPS) is 16.3. The molecule has 1 N–H and O–H groups in total. The first kappa shape index (κ1) is 17.2. The van der Waals surface area contributed by atoms with Gasteiger partial charge in [0.05, 0.1) is 12.2 Å². The maximum absolute atomic E-state index is 11.6. The summed E-state index contributed by atoms with van der Waals surface area (Å²) in [4.78, 5) is 15.9. The Labute approximate surface area is 145 Å². The highest BCUT2D eigenvalue weighted by Crippen LogP contribution is 2.16. The number of amidine groups is 1. The number of azo groups is 1. The van der Waals surface area contributed by atoms with Crippen molar-refractivity contribution in [2.75, 3.05) is 23.6 Å². The highest BCUT2D eigenvalue weighted by atomic mass is 79.9. The van der Waals surface area contributed by atoms with Crippen LogP contribution in [0.5, 0.6) is 0 Å². The van der Waals surface area contributed by atoms with Crippen LogP contribution in [0.3, 0.4) is 0 Å². The van der Waals surface area contributed by atoms with E-state index in [1.807, 2.05) is 24.3 Å². The first-order valence-electron chi connectivity index (χ1n) is 6.43. The van der Waals surface area contributed by atoms with Crippen LogP contribution in [-0.2, 0) is 4.79 Å². The van der Waals surface area contributed by atoms with Gasteiger partial charge >= 0.3 is 0 Å². The Kier molecular flexibility index (Phi) is 7.07.